The lowest BCUT2D eigenvalue weighted by Gasteiger charge is -2.14. The third kappa shape index (κ3) is 7.66. The van der Waals surface area contributed by atoms with Crippen LogP contribution in [0, 0.1) is 0 Å². The lowest BCUT2D eigenvalue weighted by Crippen LogP contribution is -2.09. The van der Waals surface area contributed by atoms with Gasteiger partial charge < -0.3 is 14.0 Å². The van der Waals surface area contributed by atoms with Gasteiger partial charge in [0.25, 0.3) is 0 Å². The van der Waals surface area contributed by atoms with Crippen LogP contribution in [0.4, 0.5) is 0 Å². The van der Waals surface area contributed by atoms with Gasteiger partial charge in [-0.1, -0.05) is 54.6 Å². The van der Waals surface area contributed by atoms with Crippen LogP contribution in [0.15, 0.2) is 88.2 Å². The van der Waals surface area contributed by atoms with Crippen LogP contribution in [0.1, 0.15) is 11.1 Å². The molecule has 0 aliphatic carbocycles. The van der Waals surface area contributed by atoms with E-state index in [0.29, 0.717) is 21.5 Å². The molecule has 0 aliphatic rings. The molecule has 0 bridgehead atoms. The molecule has 0 amide bonds. The predicted octanol–water partition coefficient (Wildman–Crippen LogP) is 5.47. The molecule has 0 saturated carbocycles. The summed E-state index contributed by atoms with van der Waals surface area (Å²) in [5, 5.41) is 8.77. The van der Waals surface area contributed by atoms with Crippen LogP contribution in [0.25, 0.3) is 5.57 Å². The van der Waals surface area contributed by atoms with Gasteiger partial charge in [0, 0.05) is 16.2 Å². The fourth-order valence-corrected chi connectivity index (χ4v) is 4.90. The molecule has 0 aromatic heterocycles. The van der Waals surface area contributed by atoms with Gasteiger partial charge in [-0.05, 0) is 51.3 Å². The second-order valence-electron chi connectivity index (χ2n) is 6.85. The van der Waals surface area contributed by atoms with Crippen molar-refractivity contribution in [1.29, 1.82) is 0 Å². The van der Waals surface area contributed by atoms with Crippen molar-refractivity contribution >= 4 is 49.4 Å². The van der Waals surface area contributed by atoms with Crippen LogP contribution in [-0.2, 0) is 14.9 Å². The van der Waals surface area contributed by atoms with Crippen molar-refractivity contribution in [3.8, 4) is 11.5 Å². The molecule has 0 fully saturated rings. The Hall–Kier alpha value is -2.75. The number of para-hydroxylation sites is 1. The van der Waals surface area contributed by atoms with E-state index in [1.807, 2.05) is 60.7 Å². The Labute approximate surface area is 205 Å². The number of ether oxygens (including phenoxy) is 1. The van der Waals surface area contributed by atoms with E-state index in [2.05, 4.69) is 15.9 Å². The average Bonchev–Trinajstić information content (AvgIpc) is 2.76. The van der Waals surface area contributed by atoms with Crippen molar-refractivity contribution in [2.45, 2.75) is 4.90 Å². The maximum Gasteiger partial charge on any atom is 0.341 e. The third-order valence-corrected chi connectivity index (χ3v) is 6.32. The van der Waals surface area contributed by atoms with Crippen molar-refractivity contribution in [1.82, 2.24) is 0 Å². The number of halogens is 1. The van der Waals surface area contributed by atoms with Gasteiger partial charge in [0.2, 0.25) is 0 Å². The standard InChI is InChI=1S/C24H21BrO6S2/c1-33(28,29)31-22-10-6-5-9-20(22)19(17-7-3-2-4-8-17)13-14-32-18-11-12-23(21(25)15-18)30-16-24(26)27/h2-13,15H,14,16H2,1H3,(H,26,27)/b19-13-. The number of benzene rings is 3. The number of carbonyl (C=O) groups is 1. The largest absolute Gasteiger partial charge is 0.481 e. The second kappa shape index (κ2) is 11.4. The first-order valence-corrected chi connectivity index (χ1v) is 13.3. The SMILES string of the molecule is CS(=O)(=O)Oc1ccccc1/C(=C\CSc1ccc(OCC(=O)O)c(Br)c1)c1ccccc1. The summed E-state index contributed by atoms with van der Waals surface area (Å²) in [7, 11) is -3.68. The molecular weight excluding hydrogens is 528 g/mol. The molecule has 172 valence electrons. The zero-order valence-corrected chi connectivity index (χ0v) is 20.8. The zero-order chi connectivity index (χ0) is 23.8. The van der Waals surface area contributed by atoms with Crippen molar-refractivity contribution in [2.24, 2.45) is 0 Å². The molecule has 0 radical (unpaired) electrons. The highest BCUT2D eigenvalue weighted by molar-refractivity contribution is 9.10. The van der Waals surface area contributed by atoms with Crippen LogP contribution >= 0.6 is 27.7 Å². The van der Waals surface area contributed by atoms with E-state index in [9.17, 15) is 13.2 Å². The number of thioether (sulfide) groups is 1. The topological polar surface area (TPSA) is 89.9 Å². The van der Waals surface area contributed by atoms with Gasteiger partial charge in [-0.25, -0.2) is 4.79 Å². The zero-order valence-electron chi connectivity index (χ0n) is 17.6. The van der Waals surface area contributed by atoms with Gasteiger partial charge in [-0.3, -0.25) is 0 Å². The summed E-state index contributed by atoms with van der Waals surface area (Å²) in [6.45, 7) is -0.413. The molecular formula is C24H21BrO6S2. The molecule has 0 spiro atoms. The maximum absolute atomic E-state index is 11.8. The Bertz CT molecular complexity index is 1260. The normalized spacial score (nSPS) is 11.8. The van der Waals surface area contributed by atoms with Crippen LogP contribution in [0.5, 0.6) is 11.5 Å². The summed E-state index contributed by atoms with van der Waals surface area (Å²) < 4.78 is 34.6. The van der Waals surface area contributed by atoms with Crippen LogP contribution in [0.2, 0.25) is 0 Å². The van der Waals surface area contributed by atoms with Crippen LogP contribution in [0.3, 0.4) is 0 Å². The first-order valence-electron chi connectivity index (χ1n) is 9.74. The van der Waals surface area contributed by atoms with E-state index in [1.165, 1.54) is 0 Å². The van der Waals surface area contributed by atoms with Crippen LogP contribution < -0.4 is 8.92 Å². The predicted molar refractivity (Wildman–Crippen MR) is 133 cm³/mol. The molecule has 3 rings (SSSR count). The van der Waals surface area contributed by atoms with E-state index in [1.54, 1.807) is 30.0 Å². The number of carboxylic acid groups (broad SMARTS) is 1. The van der Waals surface area contributed by atoms with E-state index >= 15 is 0 Å². The fourth-order valence-electron chi connectivity index (χ4n) is 2.98. The molecule has 9 heteroatoms. The Morgan fingerprint density at radius 1 is 1.03 bits per heavy atom. The number of aliphatic carboxylic acids is 1. The molecule has 0 aliphatic heterocycles. The molecule has 33 heavy (non-hydrogen) atoms. The molecule has 0 heterocycles. The van der Waals surface area contributed by atoms with Crippen molar-refractivity contribution in [3.63, 3.8) is 0 Å². The quantitative estimate of drug-likeness (QED) is 0.265. The minimum Gasteiger partial charge on any atom is -0.481 e. The minimum atomic E-state index is -3.68. The van der Waals surface area contributed by atoms with Gasteiger partial charge in [-0.2, -0.15) is 8.42 Å². The third-order valence-electron chi connectivity index (χ3n) is 4.30. The van der Waals surface area contributed by atoms with Gasteiger partial charge in [-0.15, -0.1) is 11.8 Å². The summed E-state index contributed by atoms with van der Waals surface area (Å²) >= 11 is 4.98. The van der Waals surface area contributed by atoms with E-state index in [0.717, 1.165) is 22.3 Å². The number of rotatable bonds is 10. The molecule has 3 aromatic rings. The Morgan fingerprint density at radius 3 is 2.39 bits per heavy atom. The van der Waals surface area contributed by atoms with Crippen molar-refractivity contribution in [2.75, 3.05) is 18.6 Å². The highest BCUT2D eigenvalue weighted by Crippen LogP contribution is 2.34. The lowest BCUT2D eigenvalue weighted by atomic mass is 9.97. The minimum absolute atomic E-state index is 0.266. The molecule has 1 N–H and O–H groups in total. The van der Waals surface area contributed by atoms with Gasteiger partial charge >= 0.3 is 16.1 Å². The molecule has 6 nitrogen and oxygen atoms in total. The summed E-state index contributed by atoms with van der Waals surface area (Å²) in [6, 6.07) is 22.1. The fraction of sp³-hybridized carbons (Fsp3) is 0.125. The van der Waals surface area contributed by atoms with E-state index in [4.69, 9.17) is 14.0 Å². The molecule has 0 unspecified atom stereocenters. The monoisotopic (exact) mass is 548 g/mol. The van der Waals surface area contributed by atoms with Crippen molar-refractivity contribution in [3.05, 3.63) is 94.5 Å². The maximum atomic E-state index is 11.8. The van der Waals surface area contributed by atoms with E-state index in [-0.39, 0.29) is 5.75 Å². The summed E-state index contributed by atoms with van der Waals surface area (Å²) in [4.78, 5) is 11.7. The van der Waals surface area contributed by atoms with E-state index < -0.39 is 22.7 Å². The highest BCUT2D eigenvalue weighted by Gasteiger charge is 2.14. The summed E-state index contributed by atoms with van der Waals surface area (Å²) in [5.41, 5.74) is 2.46. The summed E-state index contributed by atoms with van der Waals surface area (Å²) in [5.74, 6) is 0.273. The Morgan fingerprint density at radius 2 is 1.73 bits per heavy atom. The van der Waals surface area contributed by atoms with Gasteiger partial charge in [0.1, 0.15) is 11.5 Å². The number of hydrogen-bond donors (Lipinski definition) is 1. The first kappa shape index (κ1) is 24.9. The molecule has 0 atom stereocenters. The molecule has 0 saturated heterocycles. The smallest absolute Gasteiger partial charge is 0.341 e. The van der Waals surface area contributed by atoms with Gasteiger partial charge in [0.15, 0.2) is 6.61 Å². The van der Waals surface area contributed by atoms with Crippen LogP contribution in [-0.4, -0.2) is 38.1 Å². The number of hydrogen-bond acceptors (Lipinski definition) is 6. The molecule has 3 aromatic carbocycles. The van der Waals surface area contributed by atoms with Gasteiger partial charge in [0.05, 0.1) is 10.7 Å². The number of carboxylic acids is 1. The second-order valence-corrected chi connectivity index (χ2v) is 10.4. The highest BCUT2D eigenvalue weighted by atomic mass is 79.9. The summed E-state index contributed by atoms with van der Waals surface area (Å²) in [6.07, 6.45) is 3.04. The lowest BCUT2D eigenvalue weighted by molar-refractivity contribution is -0.139. The first-order chi connectivity index (χ1) is 15.7. The van der Waals surface area contributed by atoms with Crippen molar-refractivity contribution < 1.29 is 27.2 Å². The Balaban J connectivity index is 1.86. The average molecular weight is 549 g/mol. The Kier molecular flexibility index (Phi) is 8.60.